The van der Waals surface area contributed by atoms with Crippen LogP contribution in [0.4, 0.5) is 28.8 Å². The quantitative estimate of drug-likeness (QED) is 0.398. The molecule has 0 bridgehead atoms. The number of ether oxygens (including phenoxy) is 1. The SMILES string of the molecule is Cc1cnc(Nc2ccc(N3CCN(C)CC3)cc2)nc1Nc1cccc(S(=O)(=O)NC2CCOCC2)c1. The number of nitrogens with zero attached hydrogens (tertiary/aromatic N) is 4. The number of piperazine rings is 1. The van der Waals surface area contributed by atoms with Crippen LogP contribution in [-0.4, -0.2) is 75.8 Å². The van der Waals surface area contributed by atoms with E-state index in [1.807, 2.05) is 25.1 Å². The molecule has 0 unspecified atom stereocenters. The zero-order chi connectivity index (χ0) is 26.5. The highest BCUT2D eigenvalue weighted by atomic mass is 32.2. The number of benzene rings is 2. The minimum absolute atomic E-state index is 0.112. The minimum Gasteiger partial charge on any atom is -0.381 e. The summed E-state index contributed by atoms with van der Waals surface area (Å²) in [6.07, 6.45) is 3.08. The van der Waals surface area contributed by atoms with E-state index < -0.39 is 10.0 Å². The van der Waals surface area contributed by atoms with Gasteiger partial charge >= 0.3 is 0 Å². The Morgan fingerprint density at radius 1 is 0.947 bits per heavy atom. The van der Waals surface area contributed by atoms with Gasteiger partial charge in [0.05, 0.1) is 4.90 Å². The molecule has 0 radical (unpaired) electrons. The van der Waals surface area contributed by atoms with Gasteiger partial charge in [-0.2, -0.15) is 4.98 Å². The summed E-state index contributed by atoms with van der Waals surface area (Å²) in [5, 5.41) is 6.53. The predicted octanol–water partition coefficient (Wildman–Crippen LogP) is 3.48. The van der Waals surface area contributed by atoms with Crippen molar-refractivity contribution in [3.8, 4) is 0 Å². The van der Waals surface area contributed by atoms with Crippen LogP contribution in [0.2, 0.25) is 0 Å². The molecular weight excluding hydrogens is 502 g/mol. The van der Waals surface area contributed by atoms with E-state index in [4.69, 9.17) is 4.74 Å². The molecule has 0 saturated carbocycles. The van der Waals surface area contributed by atoms with Gasteiger partial charge in [-0.25, -0.2) is 18.1 Å². The van der Waals surface area contributed by atoms with Crippen molar-refractivity contribution >= 4 is 38.9 Å². The van der Waals surface area contributed by atoms with Crippen LogP contribution < -0.4 is 20.3 Å². The Labute approximate surface area is 224 Å². The molecule has 0 amide bonds. The summed E-state index contributed by atoms with van der Waals surface area (Å²) >= 11 is 0. The maximum absolute atomic E-state index is 12.9. The Morgan fingerprint density at radius 3 is 2.42 bits per heavy atom. The van der Waals surface area contributed by atoms with E-state index in [1.54, 1.807) is 24.4 Å². The van der Waals surface area contributed by atoms with Gasteiger partial charge in [-0.05, 0) is 69.3 Å². The standard InChI is InChI=1S/C27H35N7O3S/c1-20-19-28-27(30-21-6-8-24(9-7-21)34-14-12-33(2)13-15-34)31-26(20)29-23-4-3-5-25(18-23)38(35,36)32-22-10-16-37-17-11-22/h3-9,18-19,22,32H,10-17H2,1-2H3,(H2,28,29,30,31). The molecular formula is C27H35N7O3S. The number of hydrogen-bond donors (Lipinski definition) is 3. The van der Waals surface area contributed by atoms with Gasteiger partial charge in [-0.3, -0.25) is 0 Å². The predicted molar refractivity (Wildman–Crippen MR) is 150 cm³/mol. The Bertz CT molecular complexity index is 1340. The topological polar surface area (TPSA) is 112 Å². The Hall–Kier alpha value is -3.25. The molecule has 2 fully saturated rings. The Kier molecular flexibility index (Phi) is 8.08. The van der Waals surface area contributed by atoms with Gasteiger partial charge in [0.25, 0.3) is 0 Å². The van der Waals surface area contributed by atoms with Gasteiger partial charge in [0.15, 0.2) is 0 Å². The molecule has 10 nitrogen and oxygen atoms in total. The molecule has 0 aliphatic carbocycles. The van der Waals surface area contributed by atoms with Crippen LogP contribution in [0.1, 0.15) is 18.4 Å². The van der Waals surface area contributed by atoms with Crippen molar-refractivity contribution in [2.75, 3.05) is 62.0 Å². The van der Waals surface area contributed by atoms with Crippen molar-refractivity contribution in [3.63, 3.8) is 0 Å². The lowest BCUT2D eigenvalue weighted by atomic mass is 10.1. The van der Waals surface area contributed by atoms with E-state index in [-0.39, 0.29) is 10.9 Å². The van der Waals surface area contributed by atoms with Crippen LogP contribution in [0.5, 0.6) is 0 Å². The second-order valence-corrected chi connectivity index (χ2v) is 11.6. The fraction of sp³-hybridized carbons (Fsp3) is 0.407. The maximum atomic E-state index is 12.9. The van der Waals surface area contributed by atoms with Crippen molar-refractivity contribution in [3.05, 3.63) is 60.3 Å². The zero-order valence-corrected chi connectivity index (χ0v) is 22.7. The average molecular weight is 538 g/mol. The highest BCUT2D eigenvalue weighted by Crippen LogP contribution is 2.25. The number of anilines is 5. The highest BCUT2D eigenvalue weighted by Gasteiger charge is 2.22. The fourth-order valence-corrected chi connectivity index (χ4v) is 5.91. The second kappa shape index (κ2) is 11.6. The molecule has 3 N–H and O–H groups in total. The summed E-state index contributed by atoms with van der Waals surface area (Å²) < 4.78 is 34.0. The van der Waals surface area contributed by atoms with Gasteiger partial charge in [-0.1, -0.05) is 6.07 Å². The maximum Gasteiger partial charge on any atom is 0.240 e. The van der Waals surface area contributed by atoms with Gasteiger partial charge in [0, 0.05) is 74.3 Å². The molecule has 202 valence electrons. The number of hydrogen-bond acceptors (Lipinski definition) is 9. The Morgan fingerprint density at radius 2 is 1.68 bits per heavy atom. The number of sulfonamides is 1. The molecule has 1 aromatic heterocycles. The van der Waals surface area contributed by atoms with Crippen molar-refractivity contribution < 1.29 is 13.2 Å². The third-order valence-electron chi connectivity index (χ3n) is 6.91. The smallest absolute Gasteiger partial charge is 0.240 e. The number of rotatable bonds is 8. The van der Waals surface area contributed by atoms with E-state index >= 15 is 0 Å². The van der Waals surface area contributed by atoms with Crippen LogP contribution in [-0.2, 0) is 14.8 Å². The highest BCUT2D eigenvalue weighted by molar-refractivity contribution is 7.89. The van der Waals surface area contributed by atoms with E-state index in [1.165, 1.54) is 5.69 Å². The first-order valence-electron chi connectivity index (χ1n) is 13.0. The Balaban J connectivity index is 1.26. The van der Waals surface area contributed by atoms with Crippen LogP contribution >= 0.6 is 0 Å². The van der Waals surface area contributed by atoms with Crippen LogP contribution in [0, 0.1) is 6.92 Å². The van der Waals surface area contributed by atoms with Crippen LogP contribution in [0.15, 0.2) is 59.6 Å². The van der Waals surface area contributed by atoms with Crippen molar-refractivity contribution in [1.82, 2.24) is 19.6 Å². The second-order valence-electron chi connectivity index (χ2n) is 9.85. The monoisotopic (exact) mass is 537 g/mol. The zero-order valence-electron chi connectivity index (χ0n) is 21.9. The first-order chi connectivity index (χ1) is 18.4. The lowest BCUT2D eigenvalue weighted by Gasteiger charge is -2.34. The minimum atomic E-state index is -3.64. The van der Waals surface area contributed by atoms with E-state index in [0.29, 0.717) is 43.5 Å². The number of likely N-dealkylation sites (N-methyl/N-ethyl adjacent to an activating group) is 1. The molecule has 0 atom stereocenters. The van der Waals surface area contributed by atoms with Crippen LogP contribution in [0.25, 0.3) is 0 Å². The molecule has 2 aliphatic heterocycles. The van der Waals surface area contributed by atoms with Gasteiger partial charge in [0.2, 0.25) is 16.0 Å². The first kappa shape index (κ1) is 26.4. The summed E-state index contributed by atoms with van der Waals surface area (Å²) in [6.45, 7) is 7.21. The largest absolute Gasteiger partial charge is 0.381 e. The summed E-state index contributed by atoms with van der Waals surface area (Å²) in [5.74, 6) is 1.05. The molecule has 2 aliphatic rings. The van der Waals surface area contributed by atoms with Crippen molar-refractivity contribution in [1.29, 1.82) is 0 Å². The molecule has 2 aromatic carbocycles. The van der Waals surface area contributed by atoms with E-state index in [0.717, 1.165) is 37.4 Å². The lowest BCUT2D eigenvalue weighted by molar-refractivity contribution is 0.0832. The lowest BCUT2D eigenvalue weighted by Crippen LogP contribution is -2.44. The molecule has 3 heterocycles. The van der Waals surface area contributed by atoms with Gasteiger partial charge in [-0.15, -0.1) is 0 Å². The number of aryl methyl sites for hydroxylation is 1. The third kappa shape index (κ3) is 6.60. The molecule has 3 aromatic rings. The van der Waals surface area contributed by atoms with Gasteiger partial charge < -0.3 is 25.2 Å². The number of aromatic nitrogens is 2. The van der Waals surface area contributed by atoms with Crippen molar-refractivity contribution in [2.45, 2.75) is 30.7 Å². The average Bonchev–Trinajstić information content (AvgIpc) is 2.92. The van der Waals surface area contributed by atoms with Crippen molar-refractivity contribution in [2.24, 2.45) is 0 Å². The fourth-order valence-electron chi connectivity index (χ4n) is 4.56. The molecule has 2 saturated heterocycles. The summed E-state index contributed by atoms with van der Waals surface area (Å²) in [6, 6.07) is 14.9. The molecule has 11 heteroatoms. The molecule has 38 heavy (non-hydrogen) atoms. The molecule has 5 rings (SSSR count). The van der Waals surface area contributed by atoms with E-state index in [9.17, 15) is 8.42 Å². The van der Waals surface area contributed by atoms with E-state index in [2.05, 4.69) is 54.3 Å². The summed E-state index contributed by atoms with van der Waals surface area (Å²) in [5.41, 5.74) is 3.57. The molecule has 0 spiro atoms. The summed E-state index contributed by atoms with van der Waals surface area (Å²) in [7, 11) is -1.49. The summed E-state index contributed by atoms with van der Waals surface area (Å²) in [4.78, 5) is 14.0. The number of nitrogens with one attached hydrogen (secondary N) is 3. The van der Waals surface area contributed by atoms with Crippen LogP contribution in [0.3, 0.4) is 0 Å². The van der Waals surface area contributed by atoms with Gasteiger partial charge in [0.1, 0.15) is 5.82 Å². The first-order valence-corrected chi connectivity index (χ1v) is 14.5. The third-order valence-corrected chi connectivity index (χ3v) is 8.43. The normalized spacial score (nSPS) is 17.4.